The summed E-state index contributed by atoms with van der Waals surface area (Å²) in [6.45, 7) is 1.37. The van der Waals surface area contributed by atoms with Crippen molar-refractivity contribution in [3.63, 3.8) is 0 Å². The average Bonchev–Trinajstić information content (AvgIpc) is 3.32. The van der Waals surface area contributed by atoms with Crippen LogP contribution < -0.4 is 15.4 Å². The summed E-state index contributed by atoms with van der Waals surface area (Å²) in [6, 6.07) is 7.38. The lowest BCUT2D eigenvalue weighted by atomic mass is 10.1. The fraction of sp³-hybridized carbons (Fsp3) is 0.421. The van der Waals surface area contributed by atoms with Crippen LogP contribution in [0.3, 0.4) is 0 Å². The summed E-state index contributed by atoms with van der Waals surface area (Å²) in [4.78, 5) is 24.2. The van der Waals surface area contributed by atoms with Gasteiger partial charge in [0.25, 0.3) is 0 Å². The maximum absolute atomic E-state index is 12.2. The van der Waals surface area contributed by atoms with Crippen molar-refractivity contribution in [1.82, 2.24) is 15.1 Å². The van der Waals surface area contributed by atoms with Crippen LogP contribution in [0, 0.1) is 0 Å². The number of nitrogens with zero attached hydrogens (tertiary/aromatic N) is 2. The highest BCUT2D eigenvalue weighted by molar-refractivity contribution is 5.92. The van der Waals surface area contributed by atoms with Crippen molar-refractivity contribution in [2.24, 2.45) is 0 Å². The summed E-state index contributed by atoms with van der Waals surface area (Å²) in [5, 5.41) is 9.74. The number of para-hydroxylation sites is 1. The molecule has 1 saturated heterocycles. The van der Waals surface area contributed by atoms with Crippen LogP contribution in [0.4, 0.5) is 5.69 Å². The van der Waals surface area contributed by atoms with Crippen molar-refractivity contribution in [3.8, 4) is 5.75 Å². The van der Waals surface area contributed by atoms with Gasteiger partial charge in [-0.25, -0.2) is 0 Å². The highest BCUT2D eigenvalue weighted by atomic mass is 16.5. The molecule has 3 rings (SSSR count). The van der Waals surface area contributed by atoms with Gasteiger partial charge in [0, 0.05) is 24.9 Å². The number of benzene rings is 1. The molecular formula is C19H24N4O4. The standard InChI is InChI=1S/C19H24N4O4/c1-26-17-7-3-2-5-14(17)9-18(24)22-15-10-21-23(12-15)13-19(25)20-11-16-6-4-8-27-16/h2-3,5,7,10,12,16H,4,6,8-9,11,13H2,1H3,(H,20,25)(H,22,24)/t16-/m0/s1. The molecule has 1 aromatic heterocycles. The normalized spacial score (nSPS) is 16.1. The molecule has 1 aromatic carbocycles. The van der Waals surface area contributed by atoms with E-state index in [0.29, 0.717) is 18.0 Å². The lowest BCUT2D eigenvalue weighted by molar-refractivity contribution is -0.122. The molecule has 0 radical (unpaired) electrons. The summed E-state index contributed by atoms with van der Waals surface area (Å²) < 4.78 is 12.2. The Morgan fingerprint density at radius 1 is 1.33 bits per heavy atom. The van der Waals surface area contributed by atoms with E-state index < -0.39 is 0 Å². The maximum atomic E-state index is 12.2. The van der Waals surface area contributed by atoms with Gasteiger partial charge in [-0.15, -0.1) is 0 Å². The van der Waals surface area contributed by atoms with Crippen molar-refractivity contribution in [2.45, 2.75) is 31.9 Å². The van der Waals surface area contributed by atoms with E-state index >= 15 is 0 Å². The number of rotatable bonds is 8. The SMILES string of the molecule is COc1ccccc1CC(=O)Nc1cnn(CC(=O)NC[C@@H]2CCCO2)c1. The number of carbonyl (C=O) groups is 2. The second kappa shape index (κ2) is 9.18. The molecule has 0 saturated carbocycles. The molecule has 0 aliphatic carbocycles. The third-order valence-electron chi connectivity index (χ3n) is 4.32. The summed E-state index contributed by atoms with van der Waals surface area (Å²) in [7, 11) is 1.57. The fourth-order valence-electron chi connectivity index (χ4n) is 2.98. The molecule has 1 atom stereocenters. The predicted molar refractivity (Wildman–Crippen MR) is 99.5 cm³/mol. The molecule has 8 nitrogen and oxygen atoms in total. The maximum Gasteiger partial charge on any atom is 0.241 e. The van der Waals surface area contributed by atoms with Gasteiger partial charge in [0.15, 0.2) is 0 Å². The number of methoxy groups -OCH3 is 1. The van der Waals surface area contributed by atoms with Crippen LogP contribution in [0.2, 0.25) is 0 Å². The minimum absolute atomic E-state index is 0.0924. The van der Waals surface area contributed by atoms with Gasteiger partial charge in [0.1, 0.15) is 12.3 Å². The fourth-order valence-corrected chi connectivity index (χ4v) is 2.98. The lowest BCUT2D eigenvalue weighted by Crippen LogP contribution is -2.34. The summed E-state index contributed by atoms with van der Waals surface area (Å²) in [5.74, 6) is 0.355. The molecule has 1 aliphatic rings. The van der Waals surface area contributed by atoms with Gasteiger partial charge < -0.3 is 20.1 Å². The van der Waals surface area contributed by atoms with Gasteiger partial charge in [0.2, 0.25) is 11.8 Å². The van der Waals surface area contributed by atoms with E-state index in [4.69, 9.17) is 9.47 Å². The van der Waals surface area contributed by atoms with Crippen LogP contribution >= 0.6 is 0 Å². The van der Waals surface area contributed by atoms with E-state index in [1.54, 1.807) is 13.3 Å². The number of hydrogen-bond donors (Lipinski definition) is 2. The van der Waals surface area contributed by atoms with E-state index in [-0.39, 0.29) is 30.9 Å². The average molecular weight is 372 g/mol. The largest absolute Gasteiger partial charge is 0.496 e. The first-order chi connectivity index (χ1) is 13.1. The molecule has 0 bridgehead atoms. The first-order valence-corrected chi connectivity index (χ1v) is 8.96. The van der Waals surface area contributed by atoms with E-state index in [2.05, 4.69) is 15.7 Å². The predicted octanol–water partition coefficient (Wildman–Crippen LogP) is 1.37. The van der Waals surface area contributed by atoms with Crippen molar-refractivity contribution < 1.29 is 19.1 Å². The Kier molecular flexibility index (Phi) is 6.43. The molecule has 1 fully saturated rings. The minimum atomic E-state index is -0.179. The van der Waals surface area contributed by atoms with Gasteiger partial charge >= 0.3 is 0 Å². The number of amides is 2. The minimum Gasteiger partial charge on any atom is -0.496 e. The van der Waals surface area contributed by atoms with Crippen LogP contribution in [0.15, 0.2) is 36.7 Å². The van der Waals surface area contributed by atoms with Crippen LogP contribution in [-0.2, 0) is 27.3 Å². The molecular weight excluding hydrogens is 348 g/mol. The zero-order valence-electron chi connectivity index (χ0n) is 15.3. The molecule has 1 aliphatic heterocycles. The molecule has 0 unspecified atom stereocenters. The number of carbonyl (C=O) groups excluding carboxylic acids is 2. The Morgan fingerprint density at radius 2 is 2.19 bits per heavy atom. The molecule has 2 amide bonds. The Hall–Kier alpha value is -2.87. The van der Waals surface area contributed by atoms with Gasteiger partial charge in [-0.05, 0) is 18.9 Å². The molecule has 2 aromatic rings. The number of aromatic nitrogens is 2. The van der Waals surface area contributed by atoms with Gasteiger partial charge in [-0.3, -0.25) is 14.3 Å². The third kappa shape index (κ3) is 5.55. The molecule has 8 heteroatoms. The number of nitrogens with one attached hydrogen (secondary N) is 2. The van der Waals surface area contributed by atoms with Crippen molar-refractivity contribution in [1.29, 1.82) is 0 Å². The Morgan fingerprint density at radius 3 is 2.96 bits per heavy atom. The smallest absolute Gasteiger partial charge is 0.241 e. The molecule has 27 heavy (non-hydrogen) atoms. The van der Waals surface area contributed by atoms with Crippen molar-refractivity contribution in [3.05, 3.63) is 42.2 Å². The number of anilines is 1. The third-order valence-corrected chi connectivity index (χ3v) is 4.32. The van der Waals surface area contributed by atoms with Crippen molar-refractivity contribution >= 4 is 17.5 Å². The number of ether oxygens (including phenoxy) is 2. The quantitative estimate of drug-likeness (QED) is 0.730. The molecule has 2 N–H and O–H groups in total. The highest BCUT2D eigenvalue weighted by Gasteiger charge is 2.16. The van der Waals surface area contributed by atoms with Crippen LogP contribution in [0.25, 0.3) is 0 Å². The van der Waals surface area contributed by atoms with Gasteiger partial charge in [-0.2, -0.15) is 5.10 Å². The topological polar surface area (TPSA) is 94.5 Å². The second-order valence-corrected chi connectivity index (χ2v) is 6.40. The van der Waals surface area contributed by atoms with Gasteiger partial charge in [0.05, 0.1) is 31.5 Å². The monoisotopic (exact) mass is 372 g/mol. The Bertz CT molecular complexity index is 784. The molecule has 2 heterocycles. The van der Waals surface area contributed by atoms with E-state index in [1.807, 2.05) is 24.3 Å². The van der Waals surface area contributed by atoms with Crippen molar-refractivity contribution in [2.75, 3.05) is 25.6 Å². The highest BCUT2D eigenvalue weighted by Crippen LogP contribution is 2.18. The van der Waals surface area contributed by atoms with Crippen LogP contribution in [-0.4, -0.2) is 48.0 Å². The van der Waals surface area contributed by atoms with Crippen LogP contribution in [0.1, 0.15) is 18.4 Å². The van der Waals surface area contributed by atoms with E-state index in [9.17, 15) is 9.59 Å². The summed E-state index contributed by atoms with van der Waals surface area (Å²) >= 11 is 0. The Balaban J connectivity index is 1.47. The zero-order chi connectivity index (χ0) is 19.1. The first kappa shape index (κ1) is 18.9. The Labute approximate surface area is 157 Å². The number of hydrogen-bond acceptors (Lipinski definition) is 5. The molecule has 0 spiro atoms. The summed E-state index contributed by atoms with van der Waals surface area (Å²) in [6.07, 6.45) is 5.47. The zero-order valence-corrected chi connectivity index (χ0v) is 15.3. The van der Waals surface area contributed by atoms with E-state index in [0.717, 1.165) is 25.0 Å². The van der Waals surface area contributed by atoms with Crippen LogP contribution in [0.5, 0.6) is 5.75 Å². The molecule has 144 valence electrons. The first-order valence-electron chi connectivity index (χ1n) is 8.96. The lowest BCUT2D eigenvalue weighted by Gasteiger charge is -2.10. The van der Waals surface area contributed by atoms with Gasteiger partial charge in [-0.1, -0.05) is 18.2 Å². The second-order valence-electron chi connectivity index (χ2n) is 6.40. The summed E-state index contributed by atoms with van der Waals surface area (Å²) in [5.41, 5.74) is 1.35. The van der Waals surface area contributed by atoms with E-state index in [1.165, 1.54) is 10.9 Å².